The van der Waals surface area contributed by atoms with Crippen LogP contribution in [0.3, 0.4) is 0 Å². The first-order valence-corrected chi connectivity index (χ1v) is 7.02. The molecule has 1 aromatic heterocycles. The lowest BCUT2D eigenvalue weighted by Gasteiger charge is -2.21. The number of hydrogen-bond donors (Lipinski definition) is 1. The summed E-state index contributed by atoms with van der Waals surface area (Å²) >= 11 is 0. The zero-order valence-electron chi connectivity index (χ0n) is 13.5. The van der Waals surface area contributed by atoms with Crippen molar-refractivity contribution in [3.05, 3.63) is 11.9 Å². The van der Waals surface area contributed by atoms with Crippen LogP contribution < -0.4 is 10.1 Å². The van der Waals surface area contributed by atoms with Crippen molar-refractivity contribution < 1.29 is 9.47 Å². The number of hydrogen-bond acceptors (Lipinski definition) is 5. The fourth-order valence-corrected chi connectivity index (χ4v) is 1.95. The fraction of sp³-hybridized carbons (Fsp3) is 0.786. The number of rotatable bonds is 9. The molecule has 0 amide bonds. The van der Waals surface area contributed by atoms with Gasteiger partial charge in [0.05, 0.1) is 44.3 Å². The Kier molecular flexibility index (Phi) is 6.98. The summed E-state index contributed by atoms with van der Waals surface area (Å²) in [4.78, 5) is 2.14. The zero-order valence-corrected chi connectivity index (χ0v) is 13.5. The average molecular weight is 284 g/mol. The predicted octanol–water partition coefficient (Wildman–Crippen LogP) is 1.14. The number of aromatic nitrogens is 2. The molecule has 6 heteroatoms. The van der Waals surface area contributed by atoms with E-state index in [1.54, 1.807) is 13.3 Å². The summed E-state index contributed by atoms with van der Waals surface area (Å²) in [6.45, 7) is 6.42. The molecule has 1 aromatic rings. The molecule has 1 rings (SSSR count). The molecule has 1 atom stereocenters. The first kappa shape index (κ1) is 16.9. The van der Waals surface area contributed by atoms with Crippen molar-refractivity contribution >= 4 is 0 Å². The van der Waals surface area contributed by atoms with E-state index in [4.69, 9.17) is 9.47 Å². The third-order valence-corrected chi connectivity index (χ3v) is 3.10. The molecule has 1 unspecified atom stereocenters. The number of methoxy groups -OCH3 is 1. The highest BCUT2D eigenvalue weighted by Crippen LogP contribution is 2.25. The second-order valence-corrected chi connectivity index (χ2v) is 5.35. The lowest BCUT2D eigenvalue weighted by molar-refractivity contribution is 0.0603. The van der Waals surface area contributed by atoms with Crippen LogP contribution in [-0.2, 0) is 11.3 Å². The molecule has 20 heavy (non-hydrogen) atoms. The molecule has 116 valence electrons. The fourth-order valence-electron chi connectivity index (χ4n) is 1.95. The molecule has 1 heterocycles. The molecule has 0 aliphatic carbocycles. The Hall–Kier alpha value is -1.11. The highest BCUT2D eigenvalue weighted by atomic mass is 16.5. The maximum atomic E-state index is 5.73. The molecule has 0 aromatic carbocycles. The number of ether oxygens (including phenoxy) is 2. The van der Waals surface area contributed by atoms with Crippen molar-refractivity contribution in [1.82, 2.24) is 20.0 Å². The van der Waals surface area contributed by atoms with Crippen LogP contribution in [-0.4, -0.2) is 62.2 Å². The molecule has 0 fully saturated rings. The van der Waals surface area contributed by atoms with Gasteiger partial charge in [0.25, 0.3) is 0 Å². The number of likely N-dealkylation sites (N-methyl/N-ethyl adjacent to an activating group) is 2. The Morgan fingerprint density at radius 2 is 2.10 bits per heavy atom. The normalized spacial score (nSPS) is 13.2. The van der Waals surface area contributed by atoms with E-state index in [0.29, 0.717) is 6.61 Å². The van der Waals surface area contributed by atoms with Crippen LogP contribution in [0.2, 0.25) is 0 Å². The van der Waals surface area contributed by atoms with Gasteiger partial charge in [-0.15, -0.1) is 0 Å². The monoisotopic (exact) mass is 284 g/mol. The molecule has 0 spiro atoms. The molecule has 0 saturated heterocycles. The summed E-state index contributed by atoms with van der Waals surface area (Å²) in [6, 6.07) is 0.0667. The van der Waals surface area contributed by atoms with Gasteiger partial charge in [0.2, 0.25) is 0 Å². The van der Waals surface area contributed by atoms with Gasteiger partial charge in [0.15, 0.2) is 5.75 Å². The molecular weight excluding hydrogens is 256 g/mol. The van der Waals surface area contributed by atoms with Crippen molar-refractivity contribution in [3.8, 4) is 5.75 Å². The van der Waals surface area contributed by atoms with Gasteiger partial charge in [0.1, 0.15) is 0 Å². The molecule has 0 aliphatic rings. The minimum Gasteiger partial charge on any atom is -0.493 e. The van der Waals surface area contributed by atoms with Gasteiger partial charge in [0, 0.05) is 6.54 Å². The van der Waals surface area contributed by atoms with Gasteiger partial charge < -0.3 is 19.7 Å². The molecule has 1 N–H and O–H groups in total. The standard InChI is InChI=1S/C14H28N4O2/c1-11(2)20-10-12(15-3)14-13(19-6)9-16-18(14)8-7-17(4)5/h9,11-12,15H,7-8,10H2,1-6H3. The van der Waals surface area contributed by atoms with Gasteiger partial charge >= 0.3 is 0 Å². The Labute approximate surface area is 122 Å². The van der Waals surface area contributed by atoms with Crippen LogP contribution in [0.15, 0.2) is 6.20 Å². The van der Waals surface area contributed by atoms with E-state index in [-0.39, 0.29) is 12.1 Å². The van der Waals surface area contributed by atoms with E-state index in [2.05, 4.69) is 29.4 Å². The van der Waals surface area contributed by atoms with Crippen LogP contribution in [0, 0.1) is 0 Å². The van der Waals surface area contributed by atoms with E-state index >= 15 is 0 Å². The van der Waals surface area contributed by atoms with E-state index in [1.165, 1.54) is 0 Å². The Morgan fingerprint density at radius 1 is 1.40 bits per heavy atom. The Bertz CT molecular complexity index is 391. The summed E-state index contributed by atoms with van der Waals surface area (Å²) in [7, 11) is 7.71. The highest BCUT2D eigenvalue weighted by Gasteiger charge is 2.21. The largest absolute Gasteiger partial charge is 0.493 e. The van der Waals surface area contributed by atoms with E-state index < -0.39 is 0 Å². The number of nitrogens with zero attached hydrogens (tertiary/aromatic N) is 3. The van der Waals surface area contributed by atoms with E-state index in [9.17, 15) is 0 Å². The van der Waals surface area contributed by atoms with E-state index in [0.717, 1.165) is 24.5 Å². The Morgan fingerprint density at radius 3 is 2.60 bits per heavy atom. The first-order valence-electron chi connectivity index (χ1n) is 7.02. The molecule has 0 bridgehead atoms. The minimum atomic E-state index is 0.0667. The van der Waals surface area contributed by atoms with Crippen LogP contribution in [0.1, 0.15) is 25.6 Å². The molecule has 0 saturated carbocycles. The molecule has 0 aliphatic heterocycles. The summed E-state index contributed by atoms with van der Waals surface area (Å²) in [5.41, 5.74) is 1.04. The van der Waals surface area contributed by atoms with Gasteiger partial charge in [-0.2, -0.15) is 5.10 Å². The second kappa shape index (κ2) is 8.24. The smallest absolute Gasteiger partial charge is 0.161 e. The van der Waals surface area contributed by atoms with Crippen molar-refractivity contribution in [1.29, 1.82) is 0 Å². The summed E-state index contributed by atoms with van der Waals surface area (Å²) in [6.07, 6.45) is 1.97. The molecular formula is C14H28N4O2. The van der Waals surface area contributed by atoms with Crippen molar-refractivity contribution in [2.45, 2.75) is 32.5 Å². The van der Waals surface area contributed by atoms with Crippen LogP contribution in [0.5, 0.6) is 5.75 Å². The third-order valence-electron chi connectivity index (χ3n) is 3.10. The maximum Gasteiger partial charge on any atom is 0.161 e. The lowest BCUT2D eigenvalue weighted by atomic mass is 10.2. The second-order valence-electron chi connectivity index (χ2n) is 5.35. The van der Waals surface area contributed by atoms with Gasteiger partial charge in [-0.25, -0.2) is 0 Å². The zero-order chi connectivity index (χ0) is 15.1. The number of nitrogens with one attached hydrogen (secondary N) is 1. The SMILES string of the molecule is CNC(COC(C)C)c1c(OC)cnn1CCN(C)C. The Balaban J connectivity index is 2.89. The van der Waals surface area contributed by atoms with E-state index in [1.807, 2.05) is 25.6 Å². The third kappa shape index (κ3) is 4.77. The van der Waals surface area contributed by atoms with Crippen molar-refractivity contribution in [2.24, 2.45) is 0 Å². The lowest BCUT2D eigenvalue weighted by Crippen LogP contribution is -2.28. The van der Waals surface area contributed by atoms with Crippen molar-refractivity contribution in [2.75, 3.05) is 41.4 Å². The predicted molar refractivity (Wildman–Crippen MR) is 80.2 cm³/mol. The topological polar surface area (TPSA) is 51.5 Å². The quantitative estimate of drug-likeness (QED) is 0.737. The molecule has 6 nitrogen and oxygen atoms in total. The summed E-state index contributed by atoms with van der Waals surface area (Å²) < 4.78 is 13.1. The average Bonchev–Trinajstić information content (AvgIpc) is 2.80. The van der Waals surface area contributed by atoms with Gasteiger partial charge in [-0.3, -0.25) is 4.68 Å². The van der Waals surface area contributed by atoms with Crippen molar-refractivity contribution in [3.63, 3.8) is 0 Å². The van der Waals surface area contributed by atoms with Gasteiger partial charge in [-0.05, 0) is 35.0 Å². The van der Waals surface area contributed by atoms with Gasteiger partial charge in [-0.1, -0.05) is 0 Å². The first-order chi connectivity index (χ1) is 9.49. The van der Waals surface area contributed by atoms with Crippen LogP contribution in [0.25, 0.3) is 0 Å². The van der Waals surface area contributed by atoms with Crippen LogP contribution >= 0.6 is 0 Å². The summed E-state index contributed by atoms with van der Waals surface area (Å²) in [5, 5.41) is 7.71. The highest BCUT2D eigenvalue weighted by molar-refractivity contribution is 5.28. The molecule has 0 radical (unpaired) electrons. The summed E-state index contributed by atoms with van der Waals surface area (Å²) in [5.74, 6) is 0.801. The van der Waals surface area contributed by atoms with Crippen LogP contribution in [0.4, 0.5) is 0 Å². The maximum absolute atomic E-state index is 5.73. The minimum absolute atomic E-state index is 0.0667.